The summed E-state index contributed by atoms with van der Waals surface area (Å²) >= 11 is 0. The third-order valence-electron chi connectivity index (χ3n) is 8.36. The second kappa shape index (κ2) is 11.8. The highest BCUT2D eigenvalue weighted by atomic mass is 32.2. The summed E-state index contributed by atoms with van der Waals surface area (Å²) in [5.74, 6) is -1.77. The molecule has 240 valence electrons. The number of sulfonamides is 1. The molecular formula is C32H30F2N4O7S. The Hall–Kier alpha value is -4.82. The molecule has 0 radical (unpaired) electrons. The van der Waals surface area contributed by atoms with Crippen LogP contribution in [0, 0.1) is 11.6 Å². The monoisotopic (exact) mass is 652 g/mol. The van der Waals surface area contributed by atoms with Gasteiger partial charge < -0.3 is 14.5 Å². The van der Waals surface area contributed by atoms with Gasteiger partial charge in [-0.2, -0.15) is 0 Å². The van der Waals surface area contributed by atoms with Gasteiger partial charge >= 0.3 is 6.09 Å². The number of imide groups is 1. The van der Waals surface area contributed by atoms with E-state index in [1.807, 2.05) is 0 Å². The van der Waals surface area contributed by atoms with Gasteiger partial charge in [-0.1, -0.05) is 12.1 Å². The summed E-state index contributed by atoms with van der Waals surface area (Å²) in [4.78, 5) is 40.6. The number of hydrogen-bond acceptors (Lipinski definition) is 8. The number of furan rings is 1. The topological polar surface area (TPSA) is 138 Å². The molecule has 3 unspecified atom stereocenters. The maximum atomic E-state index is 13.7. The number of carbonyl (C=O) groups excluding carboxylic acids is 3. The predicted molar refractivity (Wildman–Crippen MR) is 164 cm³/mol. The molecule has 3 amide bonds. The van der Waals surface area contributed by atoms with Gasteiger partial charge in [0.05, 0.1) is 24.1 Å². The Morgan fingerprint density at radius 1 is 1.04 bits per heavy atom. The molecule has 0 saturated carbocycles. The summed E-state index contributed by atoms with van der Waals surface area (Å²) in [5.41, 5.74) is 2.06. The summed E-state index contributed by atoms with van der Waals surface area (Å²) in [6.45, 7) is -0.127. The lowest BCUT2D eigenvalue weighted by atomic mass is 9.88. The van der Waals surface area contributed by atoms with Crippen molar-refractivity contribution in [1.82, 2.24) is 15.5 Å². The van der Waals surface area contributed by atoms with Gasteiger partial charge in [-0.05, 0) is 66.4 Å². The summed E-state index contributed by atoms with van der Waals surface area (Å²) in [5, 5.41) is 6.24. The number of halogens is 2. The fourth-order valence-electron chi connectivity index (χ4n) is 5.91. The molecule has 2 aliphatic rings. The fraction of sp³-hybridized carbons (Fsp3) is 0.281. The molecule has 0 bridgehead atoms. The molecule has 2 aliphatic heterocycles. The highest BCUT2D eigenvalue weighted by Crippen LogP contribution is 2.42. The largest absolute Gasteiger partial charge is 0.455 e. The highest BCUT2D eigenvalue weighted by Gasteiger charge is 2.47. The Kier molecular flexibility index (Phi) is 8.02. The maximum Gasteiger partial charge on any atom is 0.417 e. The maximum absolute atomic E-state index is 13.7. The first-order chi connectivity index (χ1) is 21.8. The number of rotatable bonds is 7. The number of anilines is 1. The van der Waals surface area contributed by atoms with Gasteiger partial charge in [-0.15, -0.1) is 0 Å². The Bertz CT molecular complexity index is 1960. The zero-order chi connectivity index (χ0) is 32.9. The van der Waals surface area contributed by atoms with Crippen molar-refractivity contribution in [2.75, 3.05) is 24.7 Å². The highest BCUT2D eigenvalue weighted by molar-refractivity contribution is 7.92. The van der Waals surface area contributed by atoms with Crippen LogP contribution in [0.15, 0.2) is 65.1 Å². The minimum atomic E-state index is -3.78. The second-order valence-corrected chi connectivity index (χ2v) is 13.3. The van der Waals surface area contributed by atoms with Gasteiger partial charge in [-0.3, -0.25) is 19.2 Å². The predicted octanol–water partition coefficient (Wildman–Crippen LogP) is 4.47. The molecule has 6 rings (SSSR count). The SMILES string of the molecule is CNC(=O)c1c(-c2ccc(F)cc2)oc2cc(N(C)S(C)(=O)=O)c(C3CCC4OC(=O)N(Cc5ccc(F)cc5)C(=O)C4N3)cc12. The molecule has 2 N–H and O–H groups in total. The molecule has 2 fully saturated rings. The molecule has 2 saturated heterocycles. The summed E-state index contributed by atoms with van der Waals surface area (Å²) in [7, 11) is -0.944. The molecule has 4 aromatic rings. The molecule has 1 aromatic heterocycles. The molecule has 3 heterocycles. The van der Waals surface area contributed by atoms with Gasteiger partial charge in [0.25, 0.3) is 11.8 Å². The number of ether oxygens (including phenoxy) is 1. The zero-order valence-electron chi connectivity index (χ0n) is 25.0. The van der Waals surface area contributed by atoms with Gasteiger partial charge in [0.1, 0.15) is 35.1 Å². The van der Waals surface area contributed by atoms with Gasteiger partial charge in [0, 0.05) is 37.2 Å². The normalized spacial score (nSPS) is 19.9. The Labute approximate surface area is 263 Å². The quantitative estimate of drug-likeness (QED) is 0.298. The molecule has 11 nitrogen and oxygen atoms in total. The molecule has 3 aromatic carbocycles. The standard InChI is InChI=1S/C32H30F2N4O7S/c1-35-30(39)27-22-14-21(24(37(2)46(3,42)43)15-26(22)44-29(27)18-6-10-20(34)11-7-18)23-12-13-25-28(36-23)31(40)38(32(41)45-25)16-17-4-8-19(33)9-5-17/h4-11,14-15,23,25,28,36H,12-13,16H2,1-3H3,(H,35,39). The first-order valence-electron chi connectivity index (χ1n) is 14.4. The summed E-state index contributed by atoms with van der Waals surface area (Å²) in [6.07, 6.45) is 0.120. The van der Waals surface area contributed by atoms with E-state index in [4.69, 9.17) is 9.15 Å². The first-order valence-corrected chi connectivity index (χ1v) is 16.3. The van der Waals surface area contributed by atoms with Crippen molar-refractivity contribution in [3.8, 4) is 11.3 Å². The van der Waals surface area contributed by atoms with Crippen LogP contribution in [0.3, 0.4) is 0 Å². The van der Waals surface area contributed by atoms with E-state index in [0.717, 1.165) is 15.5 Å². The van der Waals surface area contributed by atoms with E-state index < -0.39 is 57.8 Å². The Morgan fingerprint density at radius 2 is 1.70 bits per heavy atom. The second-order valence-electron chi connectivity index (χ2n) is 11.3. The van der Waals surface area contributed by atoms with Crippen LogP contribution in [0.2, 0.25) is 0 Å². The minimum Gasteiger partial charge on any atom is -0.455 e. The van der Waals surface area contributed by atoms with Crippen molar-refractivity contribution in [2.24, 2.45) is 0 Å². The third kappa shape index (κ3) is 5.69. The van der Waals surface area contributed by atoms with Crippen LogP contribution in [-0.2, 0) is 26.1 Å². The van der Waals surface area contributed by atoms with Crippen molar-refractivity contribution in [2.45, 2.75) is 37.6 Å². The van der Waals surface area contributed by atoms with Crippen molar-refractivity contribution < 1.29 is 40.7 Å². The number of carbonyl (C=O) groups is 3. The van der Waals surface area contributed by atoms with E-state index in [1.54, 1.807) is 6.07 Å². The van der Waals surface area contributed by atoms with Gasteiger partial charge in [0.15, 0.2) is 0 Å². The van der Waals surface area contributed by atoms with E-state index >= 15 is 0 Å². The van der Waals surface area contributed by atoms with E-state index in [1.165, 1.54) is 68.7 Å². The van der Waals surface area contributed by atoms with Crippen molar-refractivity contribution in [3.63, 3.8) is 0 Å². The molecule has 3 atom stereocenters. The Balaban J connectivity index is 1.43. The van der Waals surface area contributed by atoms with E-state index in [0.29, 0.717) is 34.9 Å². The van der Waals surface area contributed by atoms with Crippen LogP contribution in [-0.4, -0.2) is 63.7 Å². The molecular weight excluding hydrogens is 622 g/mol. The number of amides is 3. The number of fused-ring (bicyclic) bond motifs is 2. The molecule has 14 heteroatoms. The lowest BCUT2D eigenvalue weighted by molar-refractivity contribution is -0.144. The average molecular weight is 653 g/mol. The molecule has 46 heavy (non-hydrogen) atoms. The number of hydrogen-bond donors (Lipinski definition) is 2. The number of nitrogens with zero attached hydrogens (tertiary/aromatic N) is 2. The van der Waals surface area contributed by atoms with E-state index in [2.05, 4.69) is 10.6 Å². The number of nitrogens with one attached hydrogen (secondary N) is 2. The summed E-state index contributed by atoms with van der Waals surface area (Å²) in [6, 6.07) is 12.4. The van der Waals surface area contributed by atoms with Crippen LogP contribution in [0.4, 0.5) is 19.3 Å². The van der Waals surface area contributed by atoms with Crippen LogP contribution in [0.5, 0.6) is 0 Å². The zero-order valence-corrected chi connectivity index (χ0v) is 25.9. The van der Waals surface area contributed by atoms with E-state index in [9.17, 15) is 31.6 Å². The van der Waals surface area contributed by atoms with Crippen LogP contribution in [0.25, 0.3) is 22.3 Å². The van der Waals surface area contributed by atoms with Gasteiger partial charge in [-0.25, -0.2) is 26.9 Å². The van der Waals surface area contributed by atoms with Crippen LogP contribution >= 0.6 is 0 Å². The molecule has 0 spiro atoms. The smallest absolute Gasteiger partial charge is 0.417 e. The first kappa shape index (κ1) is 31.2. The Morgan fingerprint density at radius 3 is 2.33 bits per heavy atom. The number of piperidine rings is 1. The fourth-order valence-corrected chi connectivity index (χ4v) is 6.42. The van der Waals surface area contributed by atoms with Crippen molar-refractivity contribution in [3.05, 3.63) is 89.0 Å². The average Bonchev–Trinajstić information content (AvgIpc) is 3.41. The van der Waals surface area contributed by atoms with Crippen molar-refractivity contribution in [1.29, 1.82) is 0 Å². The van der Waals surface area contributed by atoms with Crippen LogP contribution in [0.1, 0.15) is 40.4 Å². The summed E-state index contributed by atoms with van der Waals surface area (Å²) < 4.78 is 65.5. The van der Waals surface area contributed by atoms with Gasteiger partial charge in [0.2, 0.25) is 10.0 Å². The van der Waals surface area contributed by atoms with Crippen LogP contribution < -0.4 is 14.9 Å². The van der Waals surface area contributed by atoms with E-state index in [-0.39, 0.29) is 29.1 Å². The lowest BCUT2D eigenvalue weighted by Gasteiger charge is -2.42. The molecule has 0 aliphatic carbocycles. The third-order valence-corrected chi connectivity index (χ3v) is 9.55. The number of benzene rings is 3. The van der Waals surface area contributed by atoms with Crippen molar-refractivity contribution >= 4 is 44.6 Å². The minimum absolute atomic E-state index is 0.127. The lowest BCUT2D eigenvalue weighted by Crippen LogP contribution is -2.62.